The van der Waals surface area contributed by atoms with Crippen LogP contribution in [0.2, 0.25) is 5.02 Å². The molecule has 1 unspecified atom stereocenters. The van der Waals surface area contributed by atoms with E-state index in [9.17, 15) is 4.79 Å². The lowest BCUT2D eigenvalue weighted by Crippen LogP contribution is -2.27. The average molecular weight is 321 g/mol. The Morgan fingerprint density at radius 1 is 1.38 bits per heavy atom. The van der Waals surface area contributed by atoms with Gasteiger partial charge in [0.1, 0.15) is 6.04 Å². The molecule has 1 amide bonds. The summed E-state index contributed by atoms with van der Waals surface area (Å²) in [5, 5.41) is 7.22. The first-order valence-electron chi connectivity index (χ1n) is 6.51. The Balaban J connectivity index is 1.92. The van der Waals surface area contributed by atoms with E-state index >= 15 is 0 Å². The number of rotatable bonds is 4. The molecule has 0 bridgehead atoms. The highest BCUT2D eigenvalue weighted by Crippen LogP contribution is 2.40. The molecular weight excluding hydrogens is 308 g/mol. The first-order chi connectivity index (χ1) is 10.2. The zero-order chi connectivity index (χ0) is 14.8. The Morgan fingerprint density at radius 3 is 2.86 bits per heavy atom. The van der Waals surface area contributed by atoms with Crippen LogP contribution in [0, 0.1) is 0 Å². The van der Waals surface area contributed by atoms with Crippen molar-refractivity contribution in [3.05, 3.63) is 41.2 Å². The molecule has 1 aromatic carbocycles. The second-order valence-corrected chi connectivity index (χ2v) is 5.90. The second kappa shape index (κ2) is 6.01. The maximum absolute atomic E-state index is 12.0. The topological polar surface area (TPSA) is 66.9 Å². The van der Waals surface area contributed by atoms with Crippen LogP contribution in [0.15, 0.2) is 40.6 Å². The van der Waals surface area contributed by atoms with Gasteiger partial charge in [-0.2, -0.15) is 0 Å². The third kappa shape index (κ3) is 2.88. The molecule has 1 atom stereocenters. The molecule has 5 nitrogen and oxygen atoms in total. The van der Waals surface area contributed by atoms with Gasteiger partial charge in [-0.25, -0.2) is 9.97 Å². The summed E-state index contributed by atoms with van der Waals surface area (Å²) in [6.45, 7) is 2.67. The van der Waals surface area contributed by atoms with E-state index in [-0.39, 0.29) is 11.9 Å². The summed E-state index contributed by atoms with van der Waals surface area (Å²) in [6, 6.07) is 5.12. The smallest absolute Gasteiger partial charge is 0.246 e. The highest BCUT2D eigenvalue weighted by molar-refractivity contribution is 7.99. The van der Waals surface area contributed by atoms with E-state index in [4.69, 9.17) is 11.6 Å². The third-order valence-corrected chi connectivity index (χ3v) is 4.46. The van der Waals surface area contributed by atoms with Crippen LogP contribution in [0.1, 0.15) is 18.5 Å². The number of amides is 1. The monoisotopic (exact) mass is 320 g/mol. The number of carbonyl (C=O) groups is 1. The molecule has 0 spiro atoms. The number of anilines is 1. The Bertz CT molecular complexity index is 680. The summed E-state index contributed by atoms with van der Waals surface area (Å²) >= 11 is 7.70. The van der Waals surface area contributed by atoms with E-state index in [1.807, 2.05) is 19.1 Å². The zero-order valence-electron chi connectivity index (χ0n) is 11.3. The van der Waals surface area contributed by atoms with Gasteiger partial charge >= 0.3 is 0 Å². The largest absolute Gasteiger partial charge is 0.324 e. The van der Waals surface area contributed by atoms with Gasteiger partial charge in [0.05, 0.1) is 5.02 Å². The molecule has 2 N–H and O–H groups in total. The summed E-state index contributed by atoms with van der Waals surface area (Å²) in [7, 11) is 0. The molecule has 2 aromatic rings. The minimum absolute atomic E-state index is 0.0546. The van der Waals surface area contributed by atoms with Crippen molar-refractivity contribution in [1.29, 1.82) is 0 Å². The van der Waals surface area contributed by atoms with Crippen LogP contribution in [0.25, 0.3) is 0 Å². The SMILES string of the molecule is CCNC1C(=O)Nc2cc(Sc3ncccn3)c(Cl)cc21. The molecule has 0 saturated carbocycles. The molecule has 2 heterocycles. The van der Waals surface area contributed by atoms with E-state index < -0.39 is 0 Å². The predicted molar refractivity (Wildman–Crippen MR) is 82.7 cm³/mol. The van der Waals surface area contributed by atoms with Crippen molar-refractivity contribution in [2.45, 2.75) is 23.0 Å². The Kier molecular flexibility index (Phi) is 4.10. The number of fused-ring (bicyclic) bond motifs is 1. The predicted octanol–water partition coefficient (Wildman–Crippen LogP) is 2.88. The Morgan fingerprint density at radius 2 is 2.14 bits per heavy atom. The van der Waals surface area contributed by atoms with Gasteiger partial charge in [0.25, 0.3) is 0 Å². The van der Waals surface area contributed by atoms with Crippen LogP contribution in [-0.4, -0.2) is 22.4 Å². The van der Waals surface area contributed by atoms with E-state index in [0.717, 1.165) is 16.1 Å². The van der Waals surface area contributed by atoms with Crippen LogP contribution in [0.3, 0.4) is 0 Å². The van der Waals surface area contributed by atoms with E-state index in [0.29, 0.717) is 16.7 Å². The number of carbonyl (C=O) groups excluding carboxylic acids is 1. The second-order valence-electron chi connectivity index (χ2n) is 4.48. The normalized spacial score (nSPS) is 16.7. The van der Waals surface area contributed by atoms with Crippen LogP contribution in [0.5, 0.6) is 0 Å². The molecule has 3 rings (SSSR count). The van der Waals surface area contributed by atoms with Gasteiger partial charge in [-0.05, 0) is 36.5 Å². The maximum Gasteiger partial charge on any atom is 0.246 e. The first-order valence-corrected chi connectivity index (χ1v) is 7.71. The van der Waals surface area contributed by atoms with Gasteiger partial charge < -0.3 is 10.6 Å². The summed E-state index contributed by atoms with van der Waals surface area (Å²) in [5.41, 5.74) is 1.67. The van der Waals surface area contributed by atoms with Crippen LogP contribution >= 0.6 is 23.4 Å². The molecule has 0 radical (unpaired) electrons. The number of nitrogens with zero attached hydrogens (tertiary/aromatic N) is 2. The first kappa shape index (κ1) is 14.3. The molecule has 0 saturated heterocycles. The highest BCUT2D eigenvalue weighted by Gasteiger charge is 2.30. The van der Waals surface area contributed by atoms with Gasteiger partial charge in [0.15, 0.2) is 5.16 Å². The average Bonchev–Trinajstić information content (AvgIpc) is 2.77. The summed E-state index contributed by atoms with van der Waals surface area (Å²) in [4.78, 5) is 21.1. The fourth-order valence-electron chi connectivity index (χ4n) is 2.18. The summed E-state index contributed by atoms with van der Waals surface area (Å²) in [5.74, 6) is -0.0546. The number of benzene rings is 1. The standard InChI is InChI=1S/C14H13ClN4OS/c1-2-16-12-8-6-9(15)11(7-10(8)19-13(12)20)21-14-17-4-3-5-18-14/h3-7,12,16H,2H2,1H3,(H,19,20). The lowest BCUT2D eigenvalue weighted by molar-refractivity contribution is -0.117. The molecule has 21 heavy (non-hydrogen) atoms. The highest BCUT2D eigenvalue weighted by atomic mass is 35.5. The lowest BCUT2D eigenvalue weighted by atomic mass is 10.1. The van der Waals surface area contributed by atoms with Gasteiger partial charge in [-0.3, -0.25) is 4.79 Å². The van der Waals surface area contributed by atoms with Gasteiger partial charge in [-0.15, -0.1) is 0 Å². The summed E-state index contributed by atoms with van der Waals surface area (Å²) < 4.78 is 0. The lowest BCUT2D eigenvalue weighted by Gasteiger charge is -2.10. The number of aromatic nitrogens is 2. The van der Waals surface area contributed by atoms with Crippen molar-refractivity contribution in [1.82, 2.24) is 15.3 Å². The Labute approximate surface area is 131 Å². The number of hydrogen-bond donors (Lipinski definition) is 2. The maximum atomic E-state index is 12.0. The van der Waals surface area contributed by atoms with Crippen molar-refractivity contribution < 1.29 is 4.79 Å². The van der Waals surface area contributed by atoms with Crippen molar-refractivity contribution >= 4 is 35.0 Å². The van der Waals surface area contributed by atoms with E-state index in [1.54, 1.807) is 18.5 Å². The zero-order valence-corrected chi connectivity index (χ0v) is 12.8. The number of halogens is 1. The molecule has 1 aliphatic rings. The van der Waals surface area contributed by atoms with Crippen LogP contribution in [-0.2, 0) is 4.79 Å². The molecule has 1 aromatic heterocycles. The third-order valence-electron chi connectivity index (χ3n) is 3.09. The molecule has 7 heteroatoms. The molecular formula is C14H13ClN4OS. The van der Waals surface area contributed by atoms with Crippen LogP contribution < -0.4 is 10.6 Å². The quantitative estimate of drug-likeness (QED) is 0.848. The molecule has 0 fully saturated rings. The molecule has 108 valence electrons. The van der Waals surface area contributed by atoms with Crippen molar-refractivity contribution in [2.75, 3.05) is 11.9 Å². The number of likely N-dealkylation sites (N-methyl/N-ethyl adjacent to an activating group) is 1. The van der Waals surface area contributed by atoms with Gasteiger partial charge in [0.2, 0.25) is 5.91 Å². The van der Waals surface area contributed by atoms with Gasteiger partial charge in [0, 0.05) is 28.5 Å². The van der Waals surface area contributed by atoms with Crippen molar-refractivity contribution in [3.8, 4) is 0 Å². The minimum Gasteiger partial charge on any atom is -0.324 e. The van der Waals surface area contributed by atoms with E-state index in [2.05, 4.69) is 20.6 Å². The van der Waals surface area contributed by atoms with Gasteiger partial charge in [-0.1, -0.05) is 18.5 Å². The van der Waals surface area contributed by atoms with E-state index in [1.165, 1.54) is 11.8 Å². The van der Waals surface area contributed by atoms with Crippen molar-refractivity contribution in [3.63, 3.8) is 0 Å². The summed E-state index contributed by atoms with van der Waals surface area (Å²) in [6.07, 6.45) is 3.36. The number of nitrogens with one attached hydrogen (secondary N) is 2. The fraction of sp³-hybridized carbons (Fsp3) is 0.214. The van der Waals surface area contributed by atoms with Crippen LogP contribution in [0.4, 0.5) is 5.69 Å². The van der Waals surface area contributed by atoms with Crippen molar-refractivity contribution in [2.24, 2.45) is 0 Å². The minimum atomic E-state index is -0.338. The molecule has 0 aliphatic carbocycles. The fourth-order valence-corrected chi connectivity index (χ4v) is 3.23. The molecule has 1 aliphatic heterocycles. The number of hydrogen-bond acceptors (Lipinski definition) is 5. The Hall–Kier alpha value is -1.63.